The zero-order chi connectivity index (χ0) is 15.6. The molecule has 0 amide bonds. The van der Waals surface area contributed by atoms with Crippen LogP contribution < -0.4 is 10.5 Å². The van der Waals surface area contributed by atoms with Gasteiger partial charge in [0, 0.05) is 11.8 Å². The molecule has 0 fully saturated rings. The van der Waals surface area contributed by atoms with Gasteiger partial charge in [-0.15, -0.1) is 0 Å². The van der Waals surface area contributed by atoms with Crippen LogP contribution in [0.3, 0.4) is 0 Å². The summed E-state index contributed by atoms with van der Waals surface area (Å²) < 4.78 is 32.0. The molecule has 1 unspecified atom stereocenters. The number of benzene rings is 1. The van der Waals surface area contributed by atoms with Crippen LogP contribution in [0.25, 0.3) is 0 Å². The predicted octanol–water partition coefficient (Wildman–Crippen LogP) is 1.81. The molecule has 0 saturated heterocycles. The largest absolute Gasteiger partial charge is 0.468 e. The summed E-state index contributed by atoms with van der Waals surface area (Å²) in [7, 11) is -4.09. The third-order valence-electron chi connectivity index (χ3n) is 2.77. The maximum absolute atomic E-state index is 12.3. The van der Waals surface area contributed by atoms with Gasteiger partial charge in [0.1, 0.15) is 5.76 Å². The number of nitro benzene ring substituents is 1. The average Bonchev–Trinajstić information content (AvgIpc) is 2.91. The Bertz CT molecular complexity index is 755. The van der Waals surface area contributed by atoms with Gasteiger partial charge in [0.2, 0.25) is 10.0 Å². The number of hydrogen-bond donors (Lipinski definition) is 2. The van der Waals surface area contributed by atoms with Crippen molar-refractivity contribution < 1.29 is 17.8 Å². The van der Waals surface area contributed by atoms with Gasteiger partial charge in [0.25, 0.3) is 5.69 Å². The van der Waals surface area contributed by atoms with Crippen LogP contribution >= 0.6 is 0 Å². The molecule has 9 heteroatoms. The van der Waals surface area contributed by atoms with Crippen molar-refractivity contribution in [2.24, 2.45) is 0 Å². The first-order valence-electron chi connectivity index (χ1n) is 5.91. The molecule has 1 aromatic heterocycles. The highest BCUT2D eigenvalue weighted by atomic mass is 32.2. The molecule has 0 bridgehead atoms. The second-order valence-electron chi connectivity index (χ2n) is 4.34. The van der Waals surface area contributed by atoms with Crippen molar-refractivity contribution >= 4 is 21.4 Å². The Morgan fingerprint density at radius 1 is 1.38 bits per heavy atom. The molecule has 3 N–H and O–H groups in total. The van der Waals surface area contributed by atoms with E-state index in [9.17, 15) is 18.5 Å². The van der Waals surface area contributed by atoms with Crippen LogP contribution in [0.4, 0.5) is 11.4 Å². The van der Waals surface area contributed by atoms with Gasteiger partial charge in [-0.3, -0.25) is 10.1 Å². The number of furan rings is 1. The minimum absolute atomic E-state index is 0.111. The van der Waals surface area contributed by atoms with E-state index in [1.807, 2.05) is 0 Å². The molecule has 0 aliphatic rings. The quantitative estimate of drug-likeness (QED) is 0.492. The van der Waals surface area contributed by atoms with Crippen molar-refractivity contribution in [1.29, 1.82) is 0 Å². The van der Waals surface area contributed by atoms with Crippen LogP contribution in [0, 0.1) is 10.1 Å². The molecular formula is C12H13N3O5S. The summed E-state index contributed by atoms with van der Waals surface area (Å²) in [5.74, 6) is 0.400. The fraction of sp³-hybridized carbons (Fsp3) is 0.167. The lowest BCUT2D eigenvalue weighted by atomic mass is 10.3. The van der Waals surface area contributed by atoms with Crippen LogP contribution in [0.15, 0.2) is 45.9 Å². The van der Waals surface area contributed by atoms with Gasteiger partial charge in [0.05, 0.1) is 17.2 Å². The molecule has 0 aliphatic carbocycles. The van der Waals surface area contributed by atoms with Crippen LogP contribution in [0.2, 0.25) is 0 Å². The second kappa shape index (κ2) is 5.54. The number of rotatable bonds is 5. The summed E-state index contributed by atoms with van der Waals surface area (Å²) in [4.78, 5) is 9.74. The summed E-state index contributed by atoms with van der Waals surface area (Å²) in [5.41, 5.74) is 4.99. The summed E-state index contributed by atoms with van der Waals surface area (Å²) >= 11 is 0. The maximum atomic E-state index is 12.3. The van der Waals surface area contributed by atoms with Crippen molar-refractivity contribution in [3.05, 3.63) is 52.5 Å². The first-order valence-corrected chi connectivity index (χ1v) is 7.39. The number of anilines is 1. The lowest BCUT2D eigenvalue weighted by molar-refractivity contribution is -0.387. The lowest BCUT2D eigenvalue weighted by Gasteiger charge is -2.12. The van der Waals surface area contributed by atoms with Crippen molar-refractivity contribution in [1.82, 2.24) is 4.72 Å². The van der Waals surface area contributed by atoms with Gasteiger partial charge < -0.3 is 10.2 Å². The standard InChI is InChI=1S/C12H13N3O5S/c1-8(11-3-2-6-20-11)14-21(18,19)12-5-4-9(13)7-10(12)15(16)17/h2-8,14H,13H2,1H3. The number of nitrogens with two attached hydrogens (primary N) is 1. The topological polar surface area (TPSA) is 128 Å². The molecule has 0 aliphatic heterocycles. The minimum atomic E-state index is -4.09. The van der Waals surface area contributed by atoms with E-state index in [4.69, 9.17) is 10.2 Å². The summed E-state index contributed by atoms with van der Waals surface area (Å²) in [6.07, 6.45) is 1.41. The SMILES string of the molecule is CC(NS(=O)(=O)c1ccc(N)cc1[N+](=O)[O-])c1ccco1. The fourth-order valence-corrected chi connectivity index (χ4v) is 3.16. The van der Waals surface area contributed by atoms with Crippen LogP contribution in [-0.4, -0.2) is 13.3 Å². The van der Waals surface area contributed by atoms with Gasteiger partial charge in [0.15, 0.2) is 4.90 Å². The van der Waals surface area contributed by atoms with Crippen molar-refractivity contribution in [3.8, 4) is 0 Å². The van der Waals surface area contributed by atoms with E-state index in [0.717, 1.165) is 12.1 Å². The van der Waals surface area contributed by atoms with E-state index in [1.54, 1.807) is 19.1 Å². The number of nitrogen functional groups attached to an aromatic ring is 1. The Morgan fingerprint density at radius 2 is 2.10 bits per heavy atom. The van der Waals surface area contributed by atoms with Gasteiger partial charge in [-0.25, -0.2) is 13.1 Å². The molecule has 112 valence electrons. The zero-order valence-electron chi connectivity index (χ0n) is 11.0. The van der Waals surface area contributed by atoms with Crippen LogP contribution in [0.1, 0.15) is 18.7 Å². The first kappa shape index (κ1) is 15.0. The second-order valence-corrected chi connectivity index (χ2v) is 6.03. The van der Waals surface area contributed by atoms with Gasteiger partial charge in [-0.1, -0.05) is 0 Å². The molecule has 2 aromatic rings. The van der Waals surface area contributed by atoms with Crippen molar-refractivity contribution in [2.45, 2.75) is 17.9 Å². The molecule has 21 heavy (non-hydrogen) atoms. The van der Waals surface area contributed by atoms with Gasteiger partial charge >= 0.3 is 0 Å². The predicted molar refractivity (Wildman–Crippen MR) is 75.0 cm³/mol. The number of hydrogen-bond acceptors (Lipinski definition) is 6. The highest BCUT2D eigenvalue weighted by Gasteiger charge is 2.28. The van der Waals surface area contributed by atoms with Crippen molar-refractivity contribution in [2.75, 3.05) is 5.73 Å². The summed E-state index contributed by atoms with van der Waals surface area (Å²) in [5, 5.41) is 11.0. The average molecular weight is 311 g/mol. The molecule has 0 radical (unpaired) electrons. The monoisotopic (exact) mass is 311 g/mol. The highest BCUT2D eigenvalue weighted by molar-refractivity contribution is 7.89. The van der Waals surface area contributed by atoms with E-state index < -0.39 is 31.6 Å². The third kappa shape index (κ3) is 3.20. The Kier molecular flexibility index (Phi) is 3.96. The lowest BCUT2D eigenvalue weighted by Crippen LogP contribution is -2.27. The Balaban J connectivity index is 2.38. The number of nitrogens with zero attached hydrogens (tertiary/aromatic N) is 1. The molecule has 2 rings (SSSR count). The molecule has 1 aromatic carbocycles. The van der Waals surface area contributed by atoms with E-state index in [1.165, 1.54) is 12.3 Å². The molecule has 1 atom stereocenters. The molecule has 1 heterocycles. The van der Waals surface area contributed by atoms with E-state index in [-0.39, 0.29) is 5.69 Å². The first-order chi connectivity index (χ1) is 9.81. The molecular weight excluding hydrogens is 298 g/mol. The molecule has 0 saturated carbocycles. The number of sulfonamides is 1. The smallest absolute Gasteiger partial charge is 0.291 e. The zero-order valence-corrected chi connectivity index (χ0v) is 11.8. The highest BCUT2D eigenvalue weighted by Crippen LogP contribution is 2.27. The van der Waals surface area contributed by atoms with E-state index >= 15 is 0 Å². The Labute approximate surface area is 120 Å². The summed E-state index contributed by atoms with van der Waals surface area (Å²) in [6, 6.07) is 5.95. The summed E-state index contributed by atoms with van der Waals surface area (Å²) in [6.45, 7) is 1.57. The normalized spacial score (nSPS) is 13.0. The third-order valence-corrected chi connectivity index (χ3v) is 4.36. The maximum Gasteiger partial charge on any atom is 0.291 e. The minimum Gasteiger partial charge on any atom is -0.468 e. The van der Waals surface area contributed by atoms with E-state index in [0.29, 0.717) is 5.76 Å². The van der Waals surface area contributed by atoms with Gasteiger partial charge in [-0.2, -0.15) is 0 Å². The molecule has 0 spiro atoms. The number of nitrogens with one attached hydrogen (secondary N) is 1. The van der Waals surface area contributed by atoms with Gasteiger partial charge in [-0.05, 0) is 31.2 Å². The molecule has 8 nitrogen and oxygen atoms in total. The number of nitro groups is 1. The fourth-order valence-electron chi connectivity index (χ4n) is 1.80. The Morgan fingerprint density at radius 3 is 2.67 bits per heavy atom. The van der Waals surface area contributed by atoms with E-state index in [2.05, 4.69) is 4.72 Å². The van der Waals surface area contributed by atoms with Crippen LogP contribution in [-0.2, 0) is 10.0 Å². The van der Waals surface area contributed by atoms with Crippen molar-refractivity contribution in [3.63, 3.8) is 0 Å². The van der Waals surface area contributed by atoms with Crippen LogP contribution in [0.5, 0.6) is 0 Å². The Hall–Kier alpha value is -2.39.